The van der Waals surface area contributed by atoms with E-state index in [1.807, 2.05) is 0 Å². The lowest BCUT2D eigenvalue weighted by atomic mass is 10.1. The average Bonchev–Trinajstić information content (AvgIpc) is 3.32. The predicted molar refractivity (Wildman–Crippen MR) is 121 cm³/mol. The first kappa shape index (κ1) is 23.7. The van der Waals surface area contributed by atoms with Crippen LogP contribution < -0.4 is 11.1 Å². The van der Waals surface area contributed by atoms with E-state index < -0.39 is 48.4 Å². The van der Waals surface area contributed by atoms with Crippen LogP contribution in [0, 0.1) is 5.82 Å². The molecule has 1 saturated heterocycles. The molecule has 2 heterocycles. The van der Waals surface area contributed by atoms with Crippen molar-refractivity contribution in [3.63, 3.8) is 0 Å². The Morgan fingerprint density at radius 1 is 1.18 bits per heavy atom. The van der Waals surface area contributed by atoms with Crippen LogP contribution in [0.2, 0.25) is 5.02 Å². The van der Waals surface area contributed by atoms with Gasteiger partial charge in [0.2, 0.25) is 11.8 Å². The number of nitrogens with zero attached hydrogens (tertiary/aromatic N) is 2. The molecule has 0 spiro atoms. The van der Waals surface area contributed by atoms with Crippen LogP contribution in [-0.4, -0.2) is 57.2 Å². The Balaban J connectivity index is 1.54. The fourth-order valence-corrected chi connectivity index (χ4v) is 4.35. The van der Waals surface area contributed by atoms with Crippen molar-refractivity contribution in [2.24, 2.45) is 5.73 Å². The van der Waals surface area contributed by atoms with Gasteiger partial charge in [0, 0.05) is 29.2 Å². The highest BCUT2D eigenvalue weighted by Crippen LogP contribution is 2.25. The van der Waals surface area contributed by atoms with Gasteiger partial charge in [0.15, 0.2) is 0 Å². The average molecular weight is 491 g/mol. The zero-order valence-electron chi connectivity index (χ0n) is 17.7. The fraction of sp³-hybridized carbons (Fsp3) is 0.261. The number of aromatic nitrogens is 1. The number of aromatic carboxylic acids is 1. The second-order valence-corrected chi connectivity index (χ2v) is 8.42. The molecule has 34 heavy (non-hydrogen) atoms. The molecule has 178 valence electrons. The first-order chi connectivity index (χ1) is 16.2. The summed E-state index contributed by atoms with van der Waals surface area (Å²) in [7, 11) is 0. The van der Waals surface area contributed by atoms with Crippen LogP contribution in [-0.2, 0) is 22.7 Å². The molecule has 0 unspecified atom stereocenters. The zero-order chi connectivity index (χ0) is 24.6. The second-order valence-electron chi connectivity index (χ2n) is 8.01. The number of fused-ring (bicyclic) bond motifs is 1. The summed E-state index contributed by atoms with van der Waals surface area (Å²) in [4.78, 5) is 38.6. The molecule has 0 bridgehead atoms. The van der Waals surface area contributed by atoms with Gasteiger partial charge in [-0.3, -0.25) is 9.59 Å². The molecule has 0 aliphatic carbocycles. The molecule has 1 aromatic heterocycles. The minimum absolute atomic E-state index is 0.0164. The Hall–Kier alpha value is -3.50. The number of likely N-dealkylation sites (tertiary alicyclic amines) is 1. The summed E-state index contributed by atoms with van der Waals surface area (Å²) in [6.45, 7) is -0.938. The molecule has 1 fully saturated rings. The molecule has 11 heteroatoms. The summed E-state index contributed by atoms with van der Waals surface area (Å²) in [5.74, 6) is -3.18. The first-order valence-corrected chi connectivity index (χ1v) is 10.8. The van der Waals surface area contributed by atoms with Crippen LogP contribution in [0.3, 0.4) is 0 Å². The van der Waals surface area contributed by atoms with Crippen molar-refractivity contribution in [2.45, 2.75) is 31.3 Å². The third-order valence-corrected chi connectivity index (χ3v) is 6.18. The van der Waals surface area contributed by atoms with Gasteiger partial charge in [0.05, 0.1) is 23.2 Å². The largest absolute Gasteiger partial charge is 0.478 e. The lowest BCUT2D eigenvalue weighted by molar-refractivity contribution is -0.139. The first-order valence-electron chi connectivity index (χ1n) is 10.4. The van der Waals surface area contributed by atoms with Gasteiger partial charge in [-0.25, -0.2) is 13.6 Å². The van der Waals surface area contributed by atoms with Crippen LogP contribution in [0.4, 0.5) is 8.78 Å². The molecule has 1 aliphatic rings. The van der Waals surface area contributed by atoms with Gasteiger partial charge in [-0.05, 0) is 12.1 Å². The van der Waals surface area contributed by atoms with E-state index in [0.29, 0.717) is 10.9 Å². The van der Waals surface area contributed by atoms with E-state index in [1.54, 1.807) is 24.3 Å². The number of rotatable bonds is 6. The molecule has 4 rings (SSSR count). The molecule has 0 radical (unpaired) electrons. The van der Waals surface area contributed by atoms with E-state index in [2.05, 4.69) is 5.32 Å². The number of alkyl halides is 1. The van der Waals surface area contributed by atoms with Crippen molar-refractivity contribution >= 4 is 40.3 Å². The van der Waals surface area contributed by atoms with Crippen LogP contribution in [0.25, 0.3) is 10.9 Å². The standard InChI is InChI=1S/C23H21ClF2N4O4/c24-15-6-3-4-12(19(15)26)8-28-22(32)21-20(27)16(25)10-30(21)18(31)11-29-9-14(23(33)34)13-5-1-2-7-17(13)29/h1-7,9,16,20-21H,8,10-11,27H2,(H,28,32)(H,33,34)/t16-,20+,21-/m0/s1. The molecule has 8 nitrogen and oxygen atoms in total. The van der Waals surface area contributed by atoms with Crippen LogP contribution in [0.1, 0.15) is 15.9 Å². The number of nitrogens with one attached hydrogen (secondary N) is 1. The van der Waals surface area contributed by atoms with Gasteiger partial charge in [0.25, 0.3) is 0 Å². The highest BCUT2D eigenvalue weighted by molar-refractivity contribution is 6.30. The summed E-state index contributed by atoms with van der Waals surface area (Å²) in [6, 6.07) is 8.39. The number of hydrogen-bond acceptors (Lipinski definition) is 4. The van der Waals surface area contributed by atoms with Crippen molar-refractivity contribution in [1.82, 2.24) is 14.8 Å². The van der Waals surface area contributed by atoms with Gasteiger partial charge in [0.1, 0.15) is 24.6 Å². The highest BCUT2D eigenvalue weighted by atomic mass is 35.5. The Morgan fingerprint density at radius 3 is 2.65 bits per heavy atom. The Labute approximate surface area is 197 Å². The number of nitrogens with two attached hydrogens (primary N) is 1. The maximum atomic E-state index is 14.5. The SMILES string of the molecule is N[C@H]1[C@@H](C(=O)NCc2cccc(Cl)c2F)N(C(=O)Cn2cc(C(=O)O)c3ccccc32)C[C@@H]1F. The lowest BCUT2D eigenvalue weighted by Gasteiger charge is -2.26. The van der Waals surface area contributed by atoms with Crippen molar-refractivity contribution < 1.29 is 28.3 Å². The van der Waals surface area contributed by atoms with Crippen molar-refractivity contribution in [3.8, 4) is 0 Å². The molecular formula is C23H21ClF2N4O4. The number of para-hydroxylation sites is 1. The van der Waals surface area contributed by atoms with E-state index in [-0.39, 0.29) is 29.2 Å². The number of carbonyl (C=O) groups excluding carboxylic acids is 2. The summed E-state index contributed by atoms with van der Waals surface area (Å²) in [6.07, 6.45) is -0.316. The quantitative estimate of drug-likeness (QED) is 0.490. The summed E-state index contributed by atoms with van der Waals surface area (Å²) >= 11 is 5.75. The molecule has 0 saturated carbocycles. The van der Waals surface area contributed by atoms with Crippen molar-refractivity contribution in [3.05, 3.63) is 70.6 Å². The van der Waals surface area contributed by atoms with Gasteiger partial charge in [-0.2, -0.15) is 0 Å². The number of hydrogen-bond donors (Lipinski definition) is 3. The molecule has 2 amide bonds. The number of benzene rings is 2. The third kappa shape index (κ3) is 4.34. The number of carbonyl (C=O) groups is 3. The summed E-state index contributed by atoms with van der Waals surface area (Å²) in [5.41, 5.74) is 6.54. The van der Waals surface area contributed by atoms with Crippen molar-refractivity contribution in [1.29, 1.82) is 0 Å². The molecule has 4 N–H and O–H groups in total. The predicted octanol–water partition coefficient (Wildman–Crippen LogP) is 2.32. The van der Waals surface area contributed by atoms with Crippen LogP contribution in [0.15, 0.2) is 48.7 Å². The number of halogens is 3. The normalized spacial score (nSPS) is 20.0. The Bertz CT molecular complexity index is 1280. The zero-order valence-corrected chi connectivity index (χ0v) is 18.5. The molecule has 1 aliphatic heterocycles. The summed E-state index contributed by atoms with van der Waals surface area (Å²) in [5, 5.41) is 12.3. The van der Waals surface area contributed by atoms with Crippen LogP contribution >= 0.6 is 11.6 Å². The van der Waals surface area contributed by atoms with E-state index in [9.17, 15) is 28.3 Å². The Kier molecular flexibility index (Phi) is 6.54. The molecule has 3 aromatic rings. The second kappa shape index (κ2) is 9.40. The number of carboxylic acid groups (broad SMARTS) is 1. The fourth-order valence-electron chi connectivity index (χ4n) is 4.16. The number of amides is 2. The van der Waals surface area contributed by atoms with E-state index in [4.69, 9.17) is 17.3 Å². The van der Waals surface area contributed by atoms with E-state index in [1.165, 1.54) is 29.0 Å². The van der Waals surface area contributed by atoms with E-state index in [0.717, 1.165) is 4.90 Å². The third-order valence-electron chi connectivity index (χ3n) is 5.89. The minimum Gasteiger partial charge on any atom is -0.478 e. The van der Waals surface area contributed by atoms with Crippen molar-refractivity contribution in [2.75, 3.05) is 6.54 Å². The topological polar surface area (TPSA) is 118 Å². The summed E-state index contributed by atoms with van der Waals surface area (Å²) < 4.78 is 30.0. The molecule has 2 aromatic carbocycles. The van der Waals surface area contributed by atoms with Gasteiger partial charge < -0.3 is 25.6 Å². The van der Waals surface area contributed by atoms with Gasteiger partial charge in [-0.15, -0.1) is 0 Å². The van der Waals surface area contributed by atoms with Gasteiger partial charge >= 0.3 is 5.97 Å². The maximum Gasteiger partial charge on any atom is 0.337 e. The number of carboxylic acids is 1. The molecular weight excluding hydrogens is 470 g/mol. The Morgan fingerprint density at radius 2 is 1.91 bits per heavy atom. The lowest BCUT2D eigenvalue weighted by Crippen LogP contribution is -2.53. The minimum atomic E-state index is -1.64. The van der Waals surface area contributed by atoms with E-state index >= 15 is 0 Å². The monoisotopic (exact) mass is 490 g/mol. The highest BCUT2D eigenvalue weighted by Gasteiger charge is 2.46. The molecule has 3 atom stereocenters. The van der Waals surface area contributed by atoms with Gasteiger partial charge in [-0.1, -0.05) is 41.9 Å². The van der Waals surface area contributed by atoms with Crippen LogP contribution in [0.5, 0.6) is 0 Å². The smallest absolute Gasteiger partial charge is 0.337 e. The maximum absolute atomic E-state index is 14.5.